The number of esters is 1. The molecule has 0 aromatic carbocycles. The van der Waals surface area contributed by atoms with E-state index in [0.29, 0.717) is 6.61 Å². The number of hydrogen-bond donors (Lipinski definition) is 2. The van der Waals surface area contributed by atoms with Gasteiger partial charge in [0.2, 0.25) is 6.79 Å². The van der Waals surface area contributed by atoms with E-state index in [0.717, 1.165) is 0 Å². The number of primary amides is 1. The highest BCUT2D eigenvalue weighted by Gasteiger charge is 2.17. The summed E-state index contributed by atoms with van der Waals surface area (Å²) in [4.78, 5) is 30.8. The molecule has 0 spiro atoms. The smallest absolute Gasteiger partial charge is 0.334 e. The topological polar surface area (TPSA) is 145 Å². The predicted octanol–water partition coefficient (Wildman–Crippen LogP) is -1.02. The molecule has 0 saturated carbocycles. The van der Waals surface area contributed by atoms with E-state index in [4.69, 9.17) is 30.6 Å². The van der Waals surface area contributed by atoms with Crippen LogP contribution in [0.4, 0.5) is 0 Å². The molecule has 1 rings (SSSR count). The van der Waals surface area contributed by atoms with Crippen LogP contribution in [-0.4, -0.2) is 50.6 Å². The lowest BCUT2D eigenvalue weighted by atomic mass is 10.3. The molecule has 0 fully saturated rings. The highest BCUT2D eigenvalue weighted by molar-refractivity contribution is 5.94. The van der Waals surface area contributed by atoms with Gasteiger partial charge in [-0.2, -0.15) is 5.90 Å². The number of methoxy groups -OCH3 is 1. The van der Waals surface area contributed by atoms with Gasteiger partial charge in [0.05, 0.1) is 13.2 Å². The van der Waals surface area contributed by atoms with Crippen molar-refractivity contribution >= 4 is 11.9 Å². The van der Waals surface area contributed by atoms with Gasteiger partial charge in [0.25, 0.3) is 5.91 Å². The number of nitrogens with two attached hydrogens (primary N) is 2. The van der Waals surface area contributed by atoms with Crippen LogP contribution < -0.4 is 21.2 Å². The Labute approximate surface area is 126 Å². The Hall–Kier alpha value is -2.43. The summed E-state index contributed by atoms with van der Waals surface area (Å²) in [5.74, 6) is 3.45. The average molecular weight is 315 g/mol. The number of pyridine rings is 1. The fraction of sp³-hybridized carbons (Fsp3) is 0.417. The SMILES string of the molecule is COCCOCC(=O)OCOc1c(ON)ccnc1C(N)=O. The summed E-state index contributed by atoms with van der Waals surface area (Å²) in [5, 5.41) is 0. The van der Waals surface area contributed by atoms with E-state index < -0.39 is 18.7 Å². The van der Waals surface area contributed by atoms with Crippen molar-refractivity contribution in [2.45, 2.75) is 0 Å². The second-order valence-corrected chi connectivity index (χ2v) is 3.79. The van der Waals surface area contributed by atoms with Crippen molar-refractivity contribution in [3.05, 3.63) is 18.0 Å². The van der Waals surface area contributed by atoms with Crippen LogP contribution in [-0.2, 0) is 19.0 Å². The lowest BCUT2D eigenvalue weighted by Crippen LogP contribution is -2.20. The number of rotatable bonds is 10. The van der Waals surface area contributed by atoms with Gasteiger partial charge in [-0.3, -0.25) is 4.79 Å². The maximum Gasteiger partial charge on any atom is 0.334 e. The van der Waals surface area contributed by atoms with Crippen molar-refractivity contribution in [3.63, 3.8) is 0 Å². The Balaban J connectivity index is 2.50. The highest BCUT2D eigenvalue weighted by atomic mass is 16.7. The Morgan fingerprint density at radius 2 is 2.09 bits per heavy atom. The van der Waals surface area contributed by atoms with Crippen molar-refractivity contribution in [1.29, 1.82) is 0 Å². The third-order valence-electron chi connectivity index (χ3n) is 2.30. The van der Waals surface area contributed by atoms with E-state index in [1.807, 2.05) is 0 Å². The van der Waals surface area contributed by atoms with Gasteiger partial charge in [0, 0.05) is 19.4 Å². The maximum atomic E-state index is 11.3. The maximum absolute atomic E-state index is 11.3. The largest absolute Gasteiger partial charge is 0.451 e. The first-order valence-corrected chi connectivity index (χ1v) is 6.10. The summed E-state index contributed by atoms with van der Waals surface area (Å²) in [6, 6.07) is 1.36. The molecular formula is C12H17N3O7. The summed E-state index contributed by atoms with van der Waals surface area (Å²) in [6.45, 7) is -0.137. The summed E-state index contributed by atoms with van der Waals surface area (Å²) in [5.41, 5.74) is 4.95. The number of carbonyl (C=O) groups excluding carboxylic acids is 2. The first kappa shape index (κ1) is 17.6. The molecule has 1 heterocycles. The van der Waals surface area contributed by atoms with Crippen molar-refractivity contribution in [2.24, 2.45) is 11.6 Å². The molecule has 22 heavy (non-hydrogen) atoms. The second kappa shape index (κ2) is 9.50. The molecule has 0 radical (unpaired) electrons. The van der Waals surface area contributed by atoms with E-state index in [9.17, 15) is 9.59 Å². The first-order valence-electron chi connectivity index (χ1n) is 6.10. The van der Waals surface area contributed by atoms with Gasteiger partial charge < -0.3 is 29.5 Å². The monoisotopic (exact) mass is 315 g/mol. The van der Waals surface area contributed by atoms with Crippen LogP contribution in [0.15, 0.2) is 12.3 Å². The standard InChI is InChI=1S/C12H17N3O7/c1-18-4-5-19-6-9(16)20-7-21-11-8(22-14)2-3-15-10(11)12(13)17/h2-3H,4-7,14H2,1H3,(H2,13,17). The molecule has 0 aliphatic rings. The Morgan fingerprint density at radius 3 is 2.73 bits per heavy atom. The lowest BCUT2D eigenvalue weighted by molar-refractivity contribution is -0.156. The number of carbonyl (C=O) groups is 2. The van der Waals surface area contributed by atoms with Crippen molar-refractivity contribution < 1.29 is 33.4 Å². The minimum atomic E-state index is -0.844. The van der Waals surface area contributed by atoms with Gasteiger partial charge >= 0.3 is 5.97 Å². The normalized spacial score (nSPS) is 10.1. The summed E-state index contributed by atoms with van der Waals surface area (Å²) in [6.07, 6.45) is 1.27. The predicted molar refractivity (Wildman–Crippen MR) is 71.9 cm³/mol. The lowest BCUT2D eigenvalue weighted by Gasteiger charge is -2.12. The zero-order chi connectivity index (χ0) is 16.4. The Kier molecular flexibility index (Phi) is 7.61. The summed E-state index contributed by atoms with van der Waals surface area (Å²) < 4.78 is 19.6. The van der Waals surface area contributed by atoms with Crippen LogP contribution in [0.2, 0.25) is 0 Å². The van der Waals surface area contributed by atoms with Crippen LogP contribution >= 0.6 is 0 Å². The van der Waals surface area contributed by atoms with Crippen LogP contribution in [0.1, 0.15) is 10.5 Å². The quantitative estimate of drug-likeness (QED) is 0.239. The second-order valence-electron chi connectivity index (χ2n) is 3.79. The number of amides is 1. The zero-order valence-corrected chi connectivity index (χ0v) is 11.9. The van der Waals surface area contributed by atoms with E-state index in [1.165, 1.54) is 19.4 Å². The molecule has 0 aliphatic carbocycles. The number of ether oxygens (including phenoxy) is 4. The molecule has 0 bridgehead atoms. The zero-order valence-electron chi connectivity index (χ0n) is 11.9. The molecule has 1 amide bonds. The molecule has 1 aromatic heterocycles. The Morgan fingerprint density at radius 1 is 1.32 bits per heavy atom. The van der Waals surface area contributed by atoms with Crippen LogP contribution in [0.25, 0.3) is 0 Å². The molecule has 4 N–H and O–H groups in total. The van der Waals surface area contributed by atoms with Gasteiger partial charge in [-0.05, 0) is 0 Å². The minimum Gasteiger partial charge on any atom is -0.451 e. The van der Waals surface area contributed by atoms with Crippen molar-refractivity contribution in [2.75, 3.05) is 33.7 Å². The van der Waals surface area contributed by atoms with Crippen molar-refractivity contribution in [1.82, 2.24) is 4.98 Å². The van der Waals surface area contributed by atoms with E-state index in [1.54, 1.807) is 0 Å². The fourth-order valence-electron chi connectivity index (χ4n) is 1.33. The van der Waals surface area contributed by atoms with Gasteiger partial charge in [-0.15, -0.1) is 0 Å². The van der Waals surface area contributed by atoms with E-state index in [-0.39, 0.29) is 30.4 Å². The van der Waals surface area contributed by atoms with Gasteiger partial charge in [0.15, 0.2) is 17.2 Å². The van der Waals surface area contributed by atoms with Crippen LogP contribution in [0.5, 0.6) is 11.5 Å². The fourth-order valence-corrected chi connectivity index (χ4v) is 1.33. The van der Waals surface area contributed by atoms with E-state index in [2.05, 4.69) is 9.82 Å². The van der Waals surface area contributed by atoms with Gasteiger partial charge in [0.1, 0.15) is 6.61 Å². The average Bonchev–Trinajstić information content (AvgIpc) is 2.51. The molecular weight excluding hydrogens is 298 g/mol. The molecule has 1 aromatic rings. The third-order valence-corrected chi connectivity index (χ3v) is 2.30. The van der Waals surface area contributed by atoms with Gasteiger partial charge in [-0.1, -0.05) is 0 Å². The third kappa shape index (κ3) is 5.52. The van der Waals surface area contributed by atoms with Crippen molar-refractivity contribution in [3.8, 4) is 11.5 Å². The molecule has 0 aliphatic heterocycles. The first-order chi connectivity index (χ1) is 10.6. The molecule has 0 unspecified atom stereocenters. The molecule has 10 nitrogen and oxygen atoms in total. The molecule has 122 valence electrons. The number of aromatic nitrogens is 1. The summed E-state index contributed by atoms with van der Waals surface area (Å²) >= 11 is 0. The van der Waals surface area contributed by atoms with E-state index >= 15 is 0 Å². The number of nitrogens with zero attached hydrogens (tertiary/aromatic N) is 1. The molecule has 0 atom stereocenters. The highest BCUT2D eigenvalue weighted by Crippen LogP contribution is 2.28. The van der Waals surface area contributed by atoms with Crippen LogP contribution in [0.3, 0.4) is 0 Å². The molecule has 0 saturated heterocycles. The summed E-state index contributed by atoms with van der Waals surface area (Å²) in [7, 11) is 1.51. The number of hydrogen-bond acceptors (Lipinski definition) is 9. The minimum absolute atomic E-state index is 0.0243. The van der Waals surface area contributed by atoms with Crippen LogP contribution in [0, 0.1) is 0 Å². The van der Waals surface area contributed by atoms with Gasteiger partial charge in [-0.25, -0.2) is 9.78 Å². The Bertz CT molecular complexity index is 509. The molecule has 10 heteroatoms.